The number of nitrogens with zero attached hydrogens (tertiary/aromatic N) is 1. The Morgan fingerprint density at radius 3 is 2.83 bits per heavy atom. The second-order valence-electron chi connectivity index (χ2n) is 5.82. The summed E-state index contributed by atoms with van der Waals surface area (Å²) in [4.78, 5) is 26.3. The number of hydrogen-bond acceptors (Lipinski definition) is 3. The minimum absolute atomic E-state index is 0.0534. The number of halogens is 1. The first-order valence-corrected chi connectivity index (χ1v) is 8.68. The van der Waals surface area contributed by atoms with Gasteiger partial charge in [0, 0.05) is 24.0 Å². The number of piperidine rings is 1. The molecule has 6 heteroatoms. The molecule has 2 amide bonds. The first-order valence-electron chi connectivity index (χ1n) is 7.89. The fourth-order valence-corrected chi connectivity index (χ4v) is 3.45. The monoisotopic (exact) mass is 382 g/mol. The number of benzene rings is 1. The summed E-state index contributed by atoms with van der Waals surface area (Å²) in [6, 6.07) is 3.77. The molecule has 0 radical (unpaired) electrons. The van der Waals surface area contributed by atoms with Gasteiger partial charge in [-0.25, -0.2) is 0 Å². The van der Waals surface area contributed by atoms with Gasteiger partial charge >= 0.3 is 0 Å². The van der Waals surface area contributed by atoms with Crippen LogP contribution in [0.5, 0.6) is 5.75 Å². The summed E-state index contributed by atoms with van der Waals surface area (Å²) in [6.45, 7) is 5.02. The van der Waals surface area contributed by atoms with Gasteiger partial charge in [0.2, 0.25) is 11.8 Å². The summed E-state index contributed by atoms with van der Waals surface area (Å²) >= 11 is 3.43. The molecule has 1 atom stereocenters. The molecule has 1 aromatic carbocycles. The van der Waals surface area contributed by atoms with E-state index in [0.717, 1.165) is 29.4 Å². The predicted octanol–water partition coefficient (Wildman–Crippen LogP) is 3.35. The molecule has 126 valence electrons. The lowest BCUT2D eigenvalue weighted by atomic mass is 9.96. The van der Waals surface area contributed by atoms with Gasteiger partial charge in [-0.05, 0) is 37.5 Å². The lowest BCUT2D eigenvalue weighted by Gasteiger charge is -2.32. The number of anilines is 1. The molecule has 1 heterocycles. The lowest BCUT2D eigenvalue weighted by Crippen LogP contribution is -2.43. The van der Waals surface area contributed by atoms with Gasteiger partial charge in [0.1, 0.15) is 5.75 Å². The van der Waals surface area contributed by atoms with E-state index in [4.69, 9.17) is 4.74 Å². The SMILES string of the molecule is CCC(=O)N1CCCC(C(=O)Nc2c(C)cc(Br)cc2OC)C1. The van der Waals surface area contributed by atoms with Gasteiger partial charge in [-0.3, -0.25) is 9.59 Å². The van der Waals surface area contributed by atoms with Crippen LogP contribution in [-0.2, 0) is 9.59 Å². The summed E-state index contributed by atoms with van der Waals surface area (Å²) in [7, 11) is 1.58. The van der Waals surface area contributed by atoms with Crippen LogP contribution in [0.15, 0.2) is 16.6 Å². The standard InChI is InChI=1S/C17H23BrN2O3/c1-4-15(21)20-7-5-6-12(10-20)17(22)19-16-11(2)8-13(18)9-14(16)23-3/h8-9,12H,4-7,10H2,1-3H3,(H,19,22). The third-order valence-corrected chi connectivity index (χ3v) is 4.64. The molecule has 0 aliphatic carbocycles. The minimum Gasteiger partial charge on any atom is -0.495 e. The summed E-state index contributed by atoms with van der Waals surface area (Å²) < 4.78 is 6.27. The number of nitrogens with one attached hydrogen (secondary N) is 1. The minimum atomic E-state index is -0.174. The Morgan fingerprint density at radius 2 is 2.17 bits per heavy atom. The molecular weight excluding hydrogens is 360 g/mol. The second-order valence-corrected chi connectivity index (χ2v) is 6.74. The van der Waals surface area contributed by atoms with Gasteiger partial charge in [-0.2, -0.15) is 0 Å². The van der Waals surface area contributed by atoms with Crippen molar-refractivity contribution in [2.24, 2.45) is 5.92 Å². The highest BCUT2D eigenvalue weighted by Crippen LogP contribution is 2.33. The molecule has 1 aromatic rings. The zero-order valence-corrected chi connectivity index (χ0v) is 15.4. The molecule has 1 aliphatic heterocycles. The molecule has 1 fully saturated rings. The first-order chi connectivity index (χ1) is 11.0. The van der Waals surface area contributed by atoms with E-state index in [1.807, 2.05) is 26.0 Å². The summed E-state index contributed by atoms with van der Waals surface area (Å²) in [5.74, 6) is 0.511. The first kappa shape index (κ1) is 17.8. The Balaban J connectivity index is 2.11. The molecule has 0 saturated carbocycles. The molecule has 1 saturated heterocycles. The molecule has 1 aliphatic rings. The van der Waals surface area contributed by atoms with E-state index in [0.29, 0.717) is 24.4 Å². The number of carbonyl (C=O) groups excluding carboxylic acids is 2. The van der Waals surface area contributed by atoms with E-state index in [1.54, 1.807) is 12.0 Å². The Bertz CT molecular complexity index is 604. The molecule has 1 N–H and O–H groups in total. The van der Waals surface area contributed by atoms with Gasteiger partial charge < -0.3 is 15.0 Å². The third kappa shape index (κ3) is 4.25. The average molecular weight is 383 g/mol. The van der Waals surface area contributed by atoms with Gasteiger partial charge in [0.25, 0.3) is 0 Å². The van der Waals surface area contributed by atoms with Crippen molar-refractivity contribution in [3.63, 3.8) is 0 Å². The summed E-state index contributed by atoms with van der Waals surface area (Å²) in [6.07, 6.45) is 2.14. The second kappa shape index (κ2) is 7.81. The van der Waals surface area contributed by atoms with Crippen molar-refractivity contribution in [1.29, 1.82) is 0 Å². The van der Waals surface area contributed by atoms with E-state index < -0.39 is 0 Å². The number of methoxy groups -OCH3 is 1. The number of ether oxygens (including phenoxy) is 1. The van der Waals surface area contributed by atoms with Crippen LogP contribution in [0, 0.1) is 12.8 Å². The van der Waals surface area contributed by atoms with Crippen molar-refractivity contribution in [3.05, 3.63) is 22.2 Å². The van der Waals surface area contributed by atoms with Crippen LogP contribution in [0.4, 0.5) is 5.69 Å². The van der Waals surface area contributed by atoms with Crippen molar-refractivity contribution in [2.75, 3.05) is 25.5 Å². The number of carbonyl (C=O) groups is 2. The van der Waals surface area contributed by atoms with Crippen LogP contribution >= 0.6 is 15.9 Å². The maximum atomic E-state index is 12.6. The Labute approximate surface area is 145 Å². The van der Waals surface area contributed by atoms with E-state index in [1.165, 1.54) is 0 Å². The smallest absolute Gasteiger partial charge is 0.229 e. The predicted molar refractivity (Wildman–Crippen MR) is 93.7 cm³/mol. The van der Waals surface area contributed by atoms with Crippen molar-refractivity contribution >= 4 is 33.4 Å². The van der Waals surface area contributed by atoms with Gasteiger partial charge in [-0.15, -0.1) is 0 Å². The molecule has 1 unspecified atom stereocenters. The highest BCUT2D eigenvalue weighted by atomic mass is 79.9. The maximum Gasteiger partial charge on any atom is 0.229 e. The van der Waals surface area contributed by atoms with E-state index >= 15 is 0 Å². The quantitative estimate of drug-likeness (QED) is 0.868. The highest BCUT2D eigenvalue weighted by Gasteiger charge is 2.28. The Kier molecular flexibility index (Phi) is 6.04. The highest BCUT2D eigenvalue weighted by molar-refractivity contribution is 9.10. The van der Waals surface area contributed by atoms with Crippen LogP contribution in [0.25, 0.3) is 0 Å². The number of rotatable bonds is 4. The summed E-state index contributed by atoms with van der Waals surface area (Å²) in [5, 5.41) is 2.98. The van der Waals surface area contributed by atoms with Crippen LogP contribution in [0.3, 0.4) is 0 Å². The van der Waals surface area contributed by atoms with Crippen LogP contribution in [0.2, 0.25) is 0 Å². The number of likely N-dealkylation sites (tertiary alicyclic amines) is 1. The van der Waals surface area contributed by atoms with Crippen molar-refractivity contribution < 1.29 is 14.3 Å². The van der Waals surface area contributed by atoms with Crippen LogP contribution in [-0.4, -0.2) is 36.9 Å². The van der Waals surface area contributed by atoms with Crippen molar-refractivity contribution in [2.45, 2.75) is 33.1 Å². The maximum absolute atomic E-state index is 12.6. The molecule has 2 rings (SSSR count). The number of aryl methyl sites for hydroxylation is 1. The lowest BCUT2D eigenvalue weighted by molar-refractivity contribution is -0.134. The average Bonchev–Trinajstić information content (AvgIpc) is 2.56. The van der Waals surface area contributed by atoms with Crippen molar-refractivity contribution in [3.8, 4) is 5.75 Å². The molecule has 23 heavy (non-hydrogen) atoms. The molecule has 0 spiro atoms. The van der Waals surface area contributed by atoms with Crippen LogP contribution < -0.4 is 10.1 Å². The molecule has 0 bridgehead atoms. The molecular formula is C17H23BrN2O3. The number of hydrogen-bond donors (Lipinski definition) is 1. The largest absolute Gasteiger partial charge is 0.495 e. The zero-order valence-electron chi connectivity index (χ0n) is 13.8. The van der Waals surface area contributed by atoms with Gasteiger partial charge in [0.05, 0.1) is 18.7 Å². The van der Waals surface area contributed by atoms with Crippen molar-refractivity contribution in [1.82, 2.24) is 4.90 Å². The van der Waals surface area contributed by atoms with E-state index in [2.05, 4.69) is 21.2 Å². The zero-order chi connectivity index (χ0) is 17.0. The fraction of sp³-hybridized carbons (Fsp3) is 0.529. The van der Waals surface area contributed by atoms with Gasteiger partial charge in [0.15, 0.2) is 0 Å². The number of amides is 2. The van der Waals surface area contributed by atoms with Crippen LogP contribution in [0.1, 0.15) is 31.7 Å². The van der Waals surface area contributed by atoms with Gasteiger partial charge in [-0.1, -0.05) is 22.9 Å². The molecule has 5 nitrogen and oxygen atoms in total. The van der Waals surface area contributed by atoms with E-state index in [-0.39, 0.29) is 17.7 Å². The normalized spacial score (nSPS) is 17.7. The van der Waals surface area contributed by atoms with E-state index in [9.17, 15) is 9.59 Å². The Morgan fingerprint density at radius 1 is 1.43 bits per heavy atom. The molecule has 0 aromatic heterocycles. The topological polar surface area (TPSA) is 58.6 Å². The third-order valence-electron chi connectivity index (χ3n) is 4.18. The Hall–Kier alpha value is -1.56. The fourth-order valence-electron chi connectivity index (χ4n) is 2.90. The summed E-state index contributed by atoms with van der Waals surface area (Å²) in [5.41, 5.74) is 1.63.